The molecule has 0 aromatic carbocycles. The molecule has 2 heterocycles. The van der Waals surface area contributed by atoms with Crippen LogP contribution < -0.4 is 10.6 Å². The Bertz CT molecular complexity index is 538. The third-order valence-corrected chi connectivity index (χ3v) is 5.16. The molecule has 0 bridgehead atoms. The van der Waals surface area contributed by atoms with Gasteiger partial charge < -0.3 is 10.6 Å². The first-order valence-corrected chi connectivity index (χ1v) is 8.26. The van der Waals surface area contributed by atoms with E-state index in [0.717, 1.165) is 12.5 Å². The first kappa shape index (κ1) is 16.6. The maximum Gasteiger partial charge on any atom is 0.306 e. The smallest absolute Gasteiger partial charge is 0.306 e. The minimum Gasteiger partial charge on any atom is -0.355 e. The summed E-state index contributed by atoms with van der Waals surface area (Å²) >= 11 is 2.00. The molecule has 0 spiro atoms. The number of rotatable bonds is 6. The molecule has 0 saturated carbocycles. The summed E-state index contributed by atoms with van der Waals surface area (Å²) < 4.78 is 1.83. The van der Waals surface area contributed by atoms with Gasteiger partial charge in [0.05, 0.1) is 11.5 Å². The van der Waals surface area contributed by atoms with Gasteiger partial charge in [0, 0.05) is 24.9 Å². The number of nitrogens with one attached hydrogen (secondary N) is 2. The number of guanidine groups is 1. The molecule has 0 aliphatic carbocycles. The van der Waals surface area contributed by atoms with Gasteiger partial charge in [-0.2, -0.15) is 16.9 Å². The molecule has 9 heteroatoms. The Hall–Kier alpha value is -1.77. The third-order valence-electron chi connectivity index (χ3n) is 3.62. The second kappa shape index (κ2) is 7.48. The van der Waals surface area contributed by atoms with Gasteiger partial charge in [-0.1, -0.05) is 0 Å². The van der Waals surface area contributed by atoms with E-state index < -0.39 is 4.92 Å². The van der Waals surface area contributed by atoms with Crippen molar-refractivity contribution in [3.63, 3.8) is 0 Å². The Morgan fingerprint density at radius 3 is 3.05 bits per heavy atom. The summed E-state index contributed by atoms with van der Waals surface area (Å²) in [4.78, 5) is 14.3. The molecule has 1 aliphatic heterocycles. The van der Waals surface area contributed by atoms with E-state index >= 15 is 0 Å². The number of thioether (sulfide) groups is 1. The van der Waals surface area contributed by atoms with Crippen LogP contribution >= 0.6 is 11.8 Å². The number of hydrogen-bond acceptors (Lipinski definition) is 5. The summed E-state index contributed by atoms with van der Waals surface area (Å²) in [5.41, 5.74) is 0.00805. The van der Waals surface area contributed by atoms with Crippen LogP contribution in [0.4, 0.5) is 5.69 Å². The summed E-state index contributed by atoms with van der Waals surface area (Å²) in [7, 11) is 1.73. The predicted molar refractivity (Wildman–Crippen MR) is 88.3 cm³/mol. The predicted octanol–water partition coefficient (Wildman–Crippen LogP) is 1.24. The molecule has 0 radical (unpaired) electrons. The number of nitro groups is 1. The molecular formula is C13H22N6O2S. The average molecular weight is 326 g/mol. The molecule has 1 aliphatic rings. The standard InChI is InChI=1S/C13H22N6O2S/c1-13(4-3-7-22-13)10-16-12(14-2)15-5-6-18-9-11(8-17-18)19(20)21/h8-9H,3-7,10H2,1-2H3,(H2,14,15,16). The van der Waals surface area contributed by atoms with Gasteiger partial charge in [0.25, 0.3) is 0 Å². The summed E-state index contributed by atoms with van der Waals surface area (Å²) in [6, 6.07) is 0. The molecule has 8 nitrogen and oxygen atoms in total. The molecule has 1 aromatic rings. The first-order valence-electron chi connectivity index (χ1n) is 7.28. The molecule has 1 aromatic heterocycles. The zero-order chi connectivity index (χ0) is 16.0. The van der Waals surface area contributed by atoms with Crippen LogP contribution in [-0.2, 0) is 6.54 Å². The molecule has 22 heavy (non-hydrogen) atoms. The van der Waals surface area contributed by atoms with Crippen molar-refractivity contribution in [2.24, 2.45) is 4.99 Å². The Labute approximate surface area is 133 Å². The Morgan fingerprint density at radius 2 is 2.45 bits per heavy atom. The van der Waals surface area contributed by atoms with Gasteiger partial charge in [-0.3, -0.25) is 19.8 Å². The first-order chi connectivity index (χ1) is 10.5. The van der Waals surface area contributed by atoms with Crippen LogP contribution in [0.2, 0.25) is 0 Å². The normalized spacial score (nSPS) is 21.8. The summed E-state index contributed by atoms with van der Waals surface area (Å²) in [6.07, 6.45) is 5.17. The minimum absolute atomic E-state index is 0.00805. The van der Waals surface area contributed by atoms with Crippen LogP contribution in [0.5, 0.6) is 0 Å². The van der Waals surface area contributed by atoms with E-state index in [-0.39, 0.29) is 10.4 Å². The van der Waals surface area contributed by atoms with E-state index in [1.165, 1.54) is 31.0 Å². The molecule has 1 fully saturated rings. The molecule has 1 unspecified atom stereocenters. The van der Waals surface area contributed by atoms with Gasteiger partial charge in [-0.15, -0.1) is 0 Å². The van der Waals surface area contributed by atoms with E-state index in [4.69, 9.17) is 0 Å². The van der Waals surface area contributed by atoms with Gasteiger partial charge in [-0.05, 0) is 25.5 Å². The lowest BCUT2D eigenvalue weighted by Gasteiger charge is -2.24. The molecule has 2 rings (SSSR count). The molecule has 1 atom stereocenters. The second-order valence-electron chi connectivity index (χ2n) is 5.47. The summed E-state index contributed by atoms with van der Waals surface area (Å²) in [6.45, 7) is 4.29. The van der Waals surface area contributed by atoms with Gasteiger partial charge in [0.15, 0.2) is 5.96 Å². The fourth-order valence-electron chi connectivity index (χ4n) is 2.33. The molecule has 0 amide bonds. The number of aliphatic imine (C=N–C) groups is 1. The quantitative estimate of drug-likeness (QED) is 0.353. The van der Waals surface area contributed by atoms with Crippen molar-refractivity contribution >= 4 is 23.4 Å². The highest BCUT2D eigenvalue weighted by atomic mass is 32.2. The van der Waals surface area contributed by atoms with E-state index in [2.05, 4.69) is 27.6 Å². The SMILES string of the molecule is CN=C(NCCn1cc([N+](=O)[O-])cn1)NCC1(C)CCCS1. The highest BCUT2D eigenvalue weighted by Gasteiger charge is 2.29. The number of aromatic nitrogens is 2. The van der Waals surface area contributed by atoms with E-state index in [1.807, 2.05) is 11.8 Å². The summed E-state index contributed by atoms with van der Waals surface area (Å²) in [5, 5.41) is 21.1. The second-order valence-corrected chi connectivity index (χ2v) is 7.16. The van der Waals surface area contributed by atoms with Crippen molar-refractivity contribution in [2.45, 2.75) is 31.1 Å². The topological polar surface area (TPSA) is 97.4 Å². The monoisotopic (exact) mass is 326 g/mol. The maximum atomic E-state index is 10.6. The Balaban J connectivity index is 1.73. The summed E-state index contributed by atoms with van der Waals surface area (Å²) in [5.74, 6) is 1.97. The van der Waals surface area contributed by atoms with E-state index in [0.29, 0.717) is 13.1 Å². The van der Waals surface area contributed by atoms with Crippen molar-refractivity contribution in [3.05, 3.63) is 22.5 Å². The van der Waals surface area contributed by atoms with Gasteiger partial charge >= 0.3 is 5.69 Å². The third kappa shape index (κ3) is 4.62. The minimum atomic E-state index is -0.447. The lowest BCUT2D eigenvalue weighted by atomic mass is 10.1. The zero-order valence-electron chi connectivity index (χ0n) is 12.9. The number of nitrogens with zero attached hydrogens (tertiary/aromatic N) is 4. The number of hydrogen-bond donors (Lipinski definition) is 2. The Kier molecular flexibility index (Phi) is 5.64. The van der Waals surface area contributed by atoms with Gasteiger partial charge in [0.1, 0.15) is 12.4 Å². The zero-order valence-corrected chi connectivity index (χ0v) is 13.7. The average Bonchev–Trinajstić information content (AvgIpc) is 3.12. The molecule has 1 saturated heterocycles. The van der Waals surface area contributed by atoms with Gasteiger partial charge in [0.2, 0.25) is 0 Å². The van der Waals surface area contributed by atoms with Crippen molar-refractivity contribution in [3.8, 4) is 0 Å². The van der Waals surface area contributed by atoms with Crippen LogP contribution in [0.15, 0.2) is 17.4 Å². The Morgan fingerprint density at radius 1 is 1.64 bits per heavy atom. The van der Waals surface area contributed by atoms with Crippen LogP contribution in [0.1, 0.15) is 19.8 Å². The fraction of sp³-hybridized carbons (Fsp3) is 0.692. The fourth-order valence-corrected chi connectivity index (χ4v) is 3.57. The largest absolute Gasteiger partial charge is 0.355 e. The lowest BCUT2D eigenvalue weighted by Crippen LogP contribution is -2.44. The van der Waals surface area contributed by atoms with Crippen molar-refractivity contribution in [2.75, 3.05) is 25.9 Å². The van der Waals surface area contributed by atoms with Crippen molar-refractivity contribution in [1.29, 1.82) is 0 Å². The molecule has 122 valence electrons. The van der Waals surface area contributed by atoms with Gasteiger partial charge in [-0.25, -0.2) is 0 Å². The lowest BCUT2D eigenvalue weighted by molar-refractivity contribution is -0.385. The van der Waals surface area contributed by atoms with Crippen molar-refractivity contribution < 1.29 is 4.92 Å². The van der Waals surface area contributed by atoms with E-state index in [9.17, 15) is 10.1 Å². The maximum absolute atomic E-state index is 10.6. The molecular weight excluding hydrogens is 304 g/mol. The van der Waals surface area contributed by atoms with Crippen molar-refractivity contribution in [1.82, 2.24) is 20.4 Å². The van der Waals surface area contributed by atoms with Crippen LogP contribution in [-0.4, -0.2) is 51.3 Å². The highest BCUT2D eigenvalue weighted by Crippen LogP contribution is 2.36. The van der Waals surface area contributed by atoms with Crippen LogP contribution in [0.25, 0.3) is 0 Å². The molecule has 2 N–H and O–H groups in total. The van der Waals surface area contributed by atoms with E-state index in [1.54, 1.807) is 11.7 Å². The highest BCUT2D eigenvalue weighted by molar-refractivity contribution is 8.00. The van der Waals surface area contributed by atoms with Crippen LogP contribution in [0, 0.1) is 10.1 Å². The van der Waals surface area contributed by atoms with Crippen LogP contribution in [0.3, 0.4) is 0 Å².